The predicted octanol–water partition coefficient (Wildman–Crippen LogP) is 4.80. The van der Waals surface area contributed by atoms with Crippen LogP contribution >= 0.6 is 0 Å². The maximum Gasteiger partial charge on any atom is 0.255 e. The molecule has 35 heavy (non-hydrogen) atoms. The second-order valence-electron chi connectivity index (χ2n) is 8.63. The third kappa shape index (κ3) is 5.13. The summed E-state index contributed by atoms with van der Waals surface area (Å²) in [5.41, 5.74) is 4.91. The fourth-order valence-corrected chi connectivity index (χ4v) is 4.17. The number of tetrazole rings is 1. The maximum atomic E-state index is 13.6. The number of allylic oxidation sites excluding steroid dienone is 1. The van der Waals surface area contributed by atoms with E-state index in [1.165, 1.54) is 0 Å². The van der Waals surface area contributed by atoms with Gasteiger partial charge in [-0.05, 0) is 73.9 Å². The number of amides is 1. The summed E-state index contributed by atoms with van der Waals surface area (Å²) < 4.78 is 13.5. The maximum absolute atomic E-state index is 13.6. The Morgan fingerprint density at radius 1 is 1.09 bits per heavy atom. The van der Waals surface area contributed by atoms with Crippen LogP contribution in [-0.2, 0) is 4.79 Å². The molecule has 2 heterocycles. The zero-order valence-electron chi connectivity index (χ0n) is 20.9. The number of anilines is 2. The molecular weight excluding hydrogens is 444 g/mol. The number of fused-ring (bicyclic) bond motifs is 1. The molecule has 0 bridgehead atoms. The monoisotopic (exact) mass is 476 g/mol. The average Bonchev–Trinajstić information content (AvgIpc) is 3.29. The molecule has 1 amide bonds. The molecular formula is C26H32N6O3. The van der Waals surface area contributed by atoms with Crippen molar-refractivity contribution in [3.05, 3.63) is 64.4 Å². The molecule has 4 rings (SSSR count). The summed E-state index contributed by atoms with van der Waals surface area (Å²) in [4.78, 5) is 13.6. The van der Waals surface area contributed by atoms with Crippen LogP contribution in [0, 0.1) is 13.8 Å². The van der Waals surface area contributed by atoms with Gasteiger partial charge in [-0.25, -0.2) is 0 Å². The number of nitrogens with one attached hydrogen (secondary N) is 2. The van der Waals surface area contributed by atoms with Crippen LogP contribution < -0.4 is 20.1 Å². The third-order valence-electron chi connectivity index (χ3n) is 5.93. The largest absolute Gasteiger partial charge is 0.490 e. The fraction of sp³-hybridized carbons (Fsp3) is 0.385. The molecule has 0 fully saturated rings. The zero-order valence-corrected chi connectivity index (χ0v) is 20.9. The lowest BCUT2D eigenvalue weighted by Crippen LogP contribution is -2.31. The van der Waals surface area contributed by atoms with Gasteiger partial charge < -0.3 is 20.1 Å². The highest BCUT2D eigenvalue weighted by Crippen LogP contribution is 2.39. The Labute approximate surface area is 205 Å². The summed E-state index contributed by atoms with van der Waals surface area (Å²) in [6.45, 7) is 11.0. The van der Waals surface area contributed by atoms with Gasteiger partial charge in [-0.1, -0.05) is 42.2 Å². The summed E-state index contributed by atoms with van der Waals surface area (Å²) in [6.07, 6.45) is 2.00. The molecule has 9 heteroatoms. The average molecular weight is 477 g/mol. The van der Waals surface area contributed by atoms with E-state index in [1.807, 2.05) is 64.1 Å². The Kier molecular flexibility index (Phi) is 7.33. The van der Waals surface area contributed by atoms with E-state index in [0.29, 0.717) is 41.9 Å². The molecule has 1 aliphatic rings. The van der Waals surface area contributed by atoms with Crippen LogP contribution in [0.1, 0.15) is 56.3 Å². The van der Waals surface area contributed by atoms with Crippen molar-refractivity contribution in [1.29, 1.82) is 0 Å². The Morgan fingerprint density at radius 2 is 1.91 bits per heavy atom. The Morgan fingerprint density at radius 3 is 2.66 bits per heavy atom. The van der Waals surface area contributed by atoms with Crippen molar-refractivity contribution in [3.63, 3.8) is 0 Å². The number of unbranched alkanes of at least 4 members (excludes halogenated alkanes) is 1. The molecule has 1 aromatic heterocycles. The summed E-state index contributed by atoms with van der Waals surface area (Å²) in [5, 5.41) is 18.3. The normalized spacial score (nSPS) is 14.8. The minimum Gasteiger partial charge on any atom is -0.490 e. The lowest BCUT2D eigenvalue weighted by atomic mass is 9.94. The highest BCUT2D eigenvalue weighted by molar-refractivity contribution is 6.06. The molecule has 1 aliphatic heterocycles. The minimum absolute atomic E-state index is 0.227. The number of benzene rings is 2. The Hall–Kier alpha value is -3.88. The lowest BCUT2D eigenvalue weighted by Gasteiger charge is -2.28. The smallest absolute Gasteiger partial charge is 0.255 e. The van der Waals surface area contributed by atoms with Crippen molar-refractivity contribution in [3.8, 4) is 11.5 Å². The Balaban J connectivity index is 1.73. The fourth-order valence-electron chi connectivity index (χ4n) is 4.17. The van der Waals surface area contributed by atoms with Gasteiger partial charge in [0, 0.05) is 11.4 Å². The molecule has 9 nitrogen and oxygen atoms in total. The van der Waals surface area contributed by atoms with Gasteiger partial charge in [0.15, 0.2) is 11.5 Å². The second-order valence-corrected chi connectivity index (χ2v) is 8.63. The summed E-state index contributed by atoms with van der Waals surface area (Å²) in [6, 6.07) is 11.1. The van der Waals surface area contributed by atoms with E-state index >= 15 is 0 Å². The Bertz CT molecular complexity index is 1250. The zero-order chi connectivity index (χ0) is 24.9. The van der Waals surface area contributed by atoms with Gasteiger partial charge in [0.1, 0.15) is 6.04 Å². The predicted molar refractivity (Wildman–Crippen MR) is 135 cm³/mol. The first kappa shape index (κ1) is 24.3. The van der Waals surface area contributed by atoms with E-state index in [-0.39, 0.29) is 5.91 Å². The number of hydrogen-bond donors (Lipinski definition) is 2. The third-order valence-corrected chi connectivity index (χ3v) is 5.93. The second kappa shape index (κ2) is 10.6. The van der Waals surface area contributed by atoms with Crippen molar-refractivity contribution in [1.82, 2.24) is 20.2 Å². The van der Waals surface area contributed by atoms with Crippen LogP contribution in [0.25, 0.3) is 0 Å². The van der Waals surface area contributed by atoms with E-state index in [0.717, 1.165) is 35.2 Å². The molecule has 0 spiro atoms. The number of aryl methyl sites for hydroxylation is 2. The van der Waals surface area contributed by atoms with Gasteiger partial charge in [0.05, 0.1) is 18.8 Å². The summed E-state index contributed by atoms with van der Waals surface area (Å²) in [5.74, 6) is 1.55. The van der Waals surface area contributed by atoms with Gasteiger partial charge in [-0.3, -0.25) is 4.79 Å². The van der Waals surface area contributed by atoms with Crippen LogP contribution in [0.2, 0.25) is 0 Å². The first-order chi connectivity index (χ1) is 16.9. The van der Waals surface area contributed by atoms with E-state index in [4.69, 9.17) is 9.47 Å². The molecule has 3 aromatic rings. The van der Waals surface area contributed by atoms with Crippen LogP contribution in [0.15, 0.2) is 47.7 Å². The molecule has 0 aliphatic carbocycles. The highest BCUT2D eigenvalue weighted by Gasteiger charge is 2.34. The van der Waals surface area contributed by atoms with Gasteiger partial charge >= 0.3 is 0 Å². The van der Waals surface area contributed by atoms with Gasteiger partial charge in [-0.15, -0.1) is 0 Å². The first-order valence-electron chi connectivity index (χ1n) is 12.0. The van der Waals surface area contributed by atoms with Crippen LogP contribution in [0.4, 0.5) is 11.6 Å². The SMILES string of the molecule is CCCCOc1ccc(C2C(C(=O)Nc3ccc(C)cc3C)=C(C)Nc3nnnn32)cc1OCC. The van der Waals surface area contributed by atoms with E-state index < -0.39 is 6.04 Å². The number of rotatable bonds is 9. The van der Waals surface area contributed by atoms with E-state index in [2.05, 4.69) is 33.1 Å². The minimum atomic E-state index is -0.545. The summed E-state index contributed by atoms with van der Waals surface area (Å²) >= 11 is 0. The van der Waals surface area contributed by atoms with Crippen molar-refractivity contribution in [2.45, 2.75) is 53.5 Å². The van der Waals surface area contributed by atoms with Crippen LogP contribution in [0.3, 0.4) is 0 Å². The van der Waals surface area contributed by atoms with Gasteiger partial charge in [-0.2, -0.15) is 4.68 Å². The van der Waals surface area contributed by atoms with Gasteiger partial charge in [0.2, 0.25) is 5.95 Å². The van der Waals surface area contributed by atoms with Gasteiger partial charge in [0.25, 0.3) is 5.91 Å². The van der Waals surface area contributed by atoms with E-state index in [9.17, 15) is 4.79 Å². The molecule has 1 unspecified atom stereocenters. The van der Waals surface area contributed by atoms with Crippen LogP contribution in [-0.4, -0.2) is 39.3 Å². The molecule has 0 saturated carbocycles. The van der Waals surface area contributed by atoms with Crippen molar-refractivity contribution < 1.29 is 14.3 Å². The topological polar surface area (TPSA) is 103 Å². The number of ether oxygens (including phenoxy) is 2. The molecule has 2 N–H and O–H groups in total. The highest BCUT2D eigenvalue weighted by atomic mass is 16.5. The molecule has 184 valence electrons. The quantitative estimate of drug-likeness (QED) is 0.428. The van der Waals surface area contributed by atoms with Crippen molar-refractivity contribution in [2.24, 2.45) is 0 Å². The van der Waals surface area contributed by atoms with E-state index in [1.54, 1.807) is 4.68 Å². The first-order valence-corrected chi connectivity index (χ1v) is 12.0. The molecule has 0 saturated heterocycles. The number of hydrogen-bond acceptors (Lipinski definition) is 7. The number of carbonyl (C=O) groups is 1. The lowest BCUT2D eigenvalue weighted by molar-refractivity contribution is -0.113. The number of aromatic nitrogens is 4. The van der Waals surface area contributed by atoms with Crippen LogP contribution in [0.5, 0.6) is 11.5 Å². The molecule has 0 radical (unpaired) electrons. The molecule has 1 atom stereocenters. The van der Waals surface area contributed by atoms with Crippen molar-refractivity contribution >= 4 is 17.5 Å². The van der Waals surface area contributed by atoms with Crippen molar-refractivity contribution in [2.75, 3.05) is 23.8 Å². The summed E-state index contributed by atoms with van der Waals surface area (Å²) in [7, 11) is 0. The number of carbonyl (C=O) groups excluding carboxylic acids is 1. The standard InChI is InChI=1S/C26H32N6O3/c1-6-8-13-35-21-12-10-19(15-22(21)34-7-2)24-23(18(5)27-26-29-30-31-32(24)26)25(33)28-20-11-9-16(3)14-17(20)4/h9-12,14-15,24H,6-8,13H2,1-5H3,(H,28,33)(H,27,29,31). The number of nitrogens with zero attached hydrogens (tertiary/aromatic N) is 4. The molecule has 2 aromatic carbocycles.